The lowest BCUT2D eigenvalue weighted by atomic mass is 9.83. The van der Waals surface area contributed by atoms with Crippen LogP contribution in [0.4, 0.5) is 0 Å². The molecule has 2 amide bonds. The Bertz CT molecular complexity index is 1420. The first-order chi connectivity index (χ1) is 20.5. The van der Waals surface area contributed by atoms with Gasteiger partial charge >= 0.3 is 0 Å². The molecule has 2 aliphatic rings. The Kier molecular flexibility index (Phi) is 9.83. The molecular weight excluding hydrogens is 526 g/mol. The molecule has 1 aromatic heterocycles. The number of hydrogen-bond acceptors (Lipinski definition) is 6. The molecule has 0 spiro atoms. The molecule has 0 bridgehead atoms. The lowest BCUT2D eigenvalue weighted by molar-refractivity contribution is -0.120. The van der Waals surface area contributed by atoms with Gasteiger partial charge in [-0.2, -0.15) is 5.26 Å². The molecule has 1 aliphatic heterocycles. The molecule has 0 atom stereocenters. The number of nitrogens with one attached hydrogen (secondary N) is 1. The number of ether oxygens (including phenoxy) is 1. The van der Waals surface area contributed by atoms with Crippen molar-refractivity contribution in [2.45, 2.75) is 57.3 Å². The van der Waals surface area contributed by atoms with Crippen molar-refractivity contribution in [2.75, 3.05) is 32.8 Å². The normalized spacial score (nSPS) is 15.4. The Morgan fingerprint density at radius 2 is 1.81 bits per heavy atom. The van der Waals surface area contributed by atoms with E-state index < -0.39 is 5.91 Å². The van der Waals surface area contributed by atoms with Crippen LogP contribution >= 0.6 is 0 Å². The highest BCUT2D eigenvalue weighted by atomic mass is 16.5. The SMILES string of the molecule is N#Cc1ccc(-c2ccc(C(=O)NCCCCN3CCC(c4ccc5c(c4OCC(N)=O)CCCC5)CC3)cn2)cc1. The number of unbranched alkanes of at least 4 members (excludes halogenated alkanes) is 1. The van der Waals surface area contributed by atoms with Crippen molar-refractivity contribution in [3.63, 3.8) is 0 Å². The second kappa shape index (κ2) is 14.1. The lowest BCUT2D eigenvalue weighted by Gasteiger charge is -2.34. The summed E-state index contributed by atoms with van der Waals surface area (Å²) >= 11 is 0. The number of amides is 2. The van der Waals surface area contributed by atoms with Gasteiger partial charge in [0.05, 0.1) is 22.9 Å². The molecule has 0 radical (unpaired) electrons. The molecule has 8 heteroatoms. The summed E-state index contributed by atoms with van der Waals surface area (Å²) in [6.45, 7) is 3.63. The number of primary amides is 1. The van der Waals surface area contributed by atoms with Gasteiger partial charge in [0.15, 0.2) is 6.61 Å². The van der Waals surface area contributed by atoms with Gasteiger partial charge in [0.1, 0.15) is 5.75 Å². The number of nitrogens with zero attached hydrogens (tertiary/aromatic N) is 3. The fourth-order valence-corrected chi connectivity index (χ4v) is 6.09. The highest BCUT2D eigenvalue weighted by Gasteiger charge is 2.26. The van der Waals surface area contributed by atoms with E-state index in [4.69, 9.17) is 15.7 Å². The second-order valence-corrected chi connectivity index (χ2v) is 11.3. The number of likely N-dealkylation sites (tertiary alicyclic amines) is 1. The summed E-state index contributed by atoms with van der Waals surface area (Å²) in [7, 11) is 0. The van der Waals surface area contributed by atoms with Gasteiger partial charge < -0.3 is 20.7 Å². The van der Waals surface area contributed by atoms with Gasteiger partial charge in [-0.3, -0.25) is 14.6 Å². The van der Waals surface area contributed by atoms with Crippen molar-refractivity contribution in [1.29, 1.82) is 5.26 Å². The summed E-state index contributed by atoms with van der Waals surface area (Å²) in [5, 5.41) is 12.0. The van der Waals surface area contributed by atoms with Crippen LogP contribution in [0, 0.1) is 11.3 Å². The van der Waals surface area contributed by atoms with Crippen LogP contribution in [-0.2, 0) is 17.6 Å². The van der Waals surface area contributed by atoms with E-state index in [1.54, 1.807) is 24.4 Å². The van der Waals surface area contributed by atoms with E-state index in [0.717, 1.165) is 81.6 Å². The van der Waals surface area contributed by atoms with Gasteiger partial charge in [-0.1, -0.05) is 24.3 Å². The van der Waals surface area contributed by atoms with Crippen LogP contribution in [0.25, 0.3) is 11.3 Å². The number of nitriles is 1. The van der Waals surface area contributed by atoms with Crippen molar-refractivity contribution >= 4 is 11.8 Å². The quantitative estimate of drug-likeness (QED) is 0.324. The van der Waals surface area contributed by atoms with Gasteiger partial charge in [-0.25, -0.2) is 0 Å². The van der Waals surface area contributed by atoms with Crippen LogP contribution < -0.4 is 15.8 Å². The maximum atomic E-state index is 12.6. The summed E-state index contributed by atoms with van der Waals surface area (Å²) in [5.74, 6) is 0.788. The van der Waals surface area contributed by atoms with Crippen LogP contribution in [0.1, 0.15) is 77.1 Å². The van der Waals surface area contributed by atoms with Crippen LogP contribution in [0.2, 0.25) is 0 Å². The molecule has 1 saturated heterocycles. The molecule has 3 N–H and O–H groups in total. The predicted octanol–water partition coefficient (Wildman–Crippen LogP) is 4.75. The van der Waals surface area contributed by atoms with E-state index >= 15 is 0 Å². The summed E-state index contributed by atoms with van der Waals surface area (Å²) in [5.41, 5.74) is 12.1. The highest BCUT2D eigenvalue weighted by Crippen LogP contribution is 2.40. The number of carbonyl (C=O) groups is 2. The fraction of sp³-hybridized carbons (Fsp3) is 0.412. The van der Waals surface area contributed by atoms with Crippen molar-refractivity contribution in [1.82, 2.24) is 15.2 Å². The molecule has 0 unspecified atom stereocenters. The van der Waals surface area contributed by atoms with Crippen molar-refractivity contribution in [2.24, 2.45) is 5.73 Å². The van der Waals surface area contributed by atoms with E-state index in [0.29, 0.717) is 23.6 Å². The van der Waals surface area contributed by atoms with Gasteiger partial charge in [0, 0.05) is 18.3 Å². The maximum absolute atomic E-state index is 12.6. The van der Waals surface area contributed by atoms with Gasteiger partial charge in [-0.05, 0) is 118 Å². The van der Waals surface area contributed by atoms with Gasteiger partial charge in [-0.15, -0.1) is 0 Å². The first-order valence-corrected chi connectivity index (χ1v) is 15.0. The number of rotatable bonds is 11. The molecule has 8 nitrogen and oxygen atoms in total. The molecule has 1 aliphatic carbocycles. The highest BCUT2D eigenvalue weighted by molar-refractivity contribution is 5.94. The number of aryl methyl sites for hydroxylation is 1. The summed E-state index contributed by atoms with van der Waals surface area (Å²) < 4.78 is 6.02. The average molecular weight is 566 g/mol. The van der Waals surface area contributed by atoms with E-state index in [9.17, 15) is 9.59 Å². The van der Waals surface area contributed by atoms with Crippen molar-refractivity contribution in [3.8, 4) is 23.1 Å². The molecule has 218 valence electrons. The third-order valence-corrected chi connectivity index (χ3v) is 8.42. The fourth-order valence-electron chi connectivity index (χ4n) is 6.09. The van der Waals surface area contributed by atoms with Gasteiger partial charge in [0.25, 0.3) is 11.8 Å². The third-order valence-electron chi connectivity index (χ3n) is 8.42. The van der Waals surface area contributed by atoms with Crippen molar-refractivity contribution < 1.29 is 14.3 Å². The number of piperidine rings is 1. The first-order valence-electron chi connectivity index (χ1n) is 15.0. The number of nitrogens with two attached hydrogens (primary N) is 1. The minimum Gasteiger partial charge on any atom is -0.483 e. The Labute approximate surface area is 247 Å². The van der Waals surface area contributed by atoms with Crippen LogP contribution in [-0.4, -0.2) is 54.5 Å². The molecular formula is C34H39N5O3. The summed E-state index contributed by atoms with van der Waals surface area (Å²) in [6, 6.07) is 17.4. The minimum atomic E-state index is -0.436. The van der Waals surface area contributed by atoms with Gasteiger partial charge in [0.2, 0.25) is 0 Å². The molecule has 2 aromatic carbocycles. The molecule has 3 aromatic rings. The zero-order chi connectivity index (χ0) is 29.3. The molecule has 1 fully saturated rings. The molecule has 2 heterocycles. The van der Waals surface area contributed by atoms with Crippen LogP contribution in [0.3, 0.4) is 0 Å². The topological polar surface area (TPSA) is 121 Å². The molecule has 42 heavy (non-hydrogen) atoms. The third kappa shape index (κ3) is 7.34. The maximum Gasteiger partial charge on any atom is 0.255 e. The predicted molar refractivity (Wildman–Crippen MR) is 162 cm³/mol. The van der Waals surface area contributed by atoms with Crippen LogP contribution in [0.5, 0.6) is 5.75 Å². The number of carbonyl (C=O) groups excluding carboxylic acids is 2. The van der Waals surface area contributed by atoms with E-state index in [2.05, 4.69) is 33.4 Å². The Balaban J connectivity index is 1.04. The molecule has 0 saturated carbocycles. The zero-order valence-corrected chi connectivity index (χ0v) is 24.1. The van der Waals surface area contributed by atoms with E-state index in [-0.39, 0.29) is 12.5 Å². The average Bonchev–Trinajstić information content (AvgIpc) is 3.03. The zero-order valence-electron chi connectivity index (χ0n) is 24.1. The Hall–Kier alpha value is -4.22. The Morgan fingerprint density at radius 1 is 1.02 bits per heavy atom. The monoisotopic (exact) mass is 565 g/mol. The van der Waals surface area contributed by atoms with Crippen molar-refractivity contribution in [3.05, 3.63) is 82.5 Å². The molecule has 5 rings (SSSR count). The van der Waals surface area contributed by atoms with Crippen LogP contribution in [0.15, 0.2) is 54.7 Å². The number of pyridine rings is 1. The summed E-state index contributed by atoms with van der Waals surface area (Å²) in [4.78, 5) is 31.0. The lowest BCUT2D eigenvalue weighted by Crippen LogP contribution is -2.34. The van der Waals surface area contributed by atoms with E-state index in [1.807, 2.05) is 18.2 Å². The Morgan fingerprint density at radius 3 is 2.52 bits per heavy atom. The largest absolute Gasteiger partial charge is 0.483 e. The number of benzene rings is 2. The number of fused-ring (bicyclic) bond motifs is 1. The minimum absolute atomic E-state index is 0.0702. The first kappa shape index (κ1) is 29.3. The number of hydrogen-bond donors (Lipinski definition) is 2. The smallest absolute Gasteiger partial charge is 0.255 e. The van der Waals surface area contributed by atoms with E-state index in [1.165, 1.54) is 23.1 Å². The second-order valence-electron chi connectivity index (χ2n) is 11.3. The number of aromatic nitrogens is 1. The standard InChI is InChI=1S/C34H39N5O3/c35-21-24-7-9-27(10-8-24)31-14-12-28(22-38-31)34(41)37-17-3-4-18-39-19-15-26(16-20-39)30-13-11-25-5-1-2-6-29(25)33(30)42-23-32(36)40/h7-14,22,26H,1-6,15-20,23H2,(H2,36,40)(H,37,41). The summed E-state index contributed by atoms with van der Waals surface area (Å²) in [6.07, 6.45) is 10.1.